The highest BCUT2D eigenvalue weighted by molar-refractivity contribution is 9.10. The molecule has 0 heterocycles. The Morgan fingerprint density at radius 2 is 1.47 bits per heavy atom. The van der Waals surface area contributed by atoms with Crippen molar-refractivity contribution >= 4 is 26.7 Å². The van der Waals surface area contributed by atoms with Crippen LogP contribution in [0.25, 0.3) is 10.8 Å². The summed E-state index contributed by atoms with van der Waals surface area (Å²) in [5, 5.41) is 2.10. The van der Waals surface area contributed by atoms with Crippen LogP contribution < -0.4 is 9.47 Å². The summed E-state index contributed by atoms with van der Waals surface area (Å²) in [6.07, 6.45) is 0. The third-order valence-corrected chi connectivity index (χ3v) is 2.83. The Labute approximate surface area is 96.9 Å². The molecule has 0 unspecified atom stereocenters. The fraction of sp³-hybridized carbons (Fsp3) is 0.167. The molecule has 0 aliphatic carbocycles. The van der Waals surface area contributed by atoms with E-state index in [1.807, 2.05) is 30.3 Å². The molecule has 0 spiro atoms. The topological polar surface area (TPSA) is 18.5 Å². The number of ether oxygens (including phenoxy) is 2. The SMILES string of the molecule is COc1ccc(OC)c2cc(Br)ccc12. The molecule has 0 amide bonds. The zero-order valence-corrected chi connectivity index (χ0v) is 10.2. The molecular weight excluding hydrogens is 256 g/mol. The number of fused-ring (bicyclic) bond motifs is 1. The Kier molecular flexibility index (Phi) is 2.82. The number of hydrogen-bond acceptors (Lipinski definition) is 2. The van der Waals surface area contributed by atoms with Crippen LogP contribution in [0.15, 0.2) is 34.8 Å². The first-order chi connectivity index (χ1) is 7.26. The van der Waals surface area contributed by atoms with Crippen LogP contribution in [0, 0.1) is 0 Å². The molecule has 0 N–H and O–H groups in total. The fourth-order valence-corrected chi connectivity index (χ4v) is 1.98. The first-order valence-electron chi connectivity index (χ1n) is 4.56. The van der Waals surface area contributed by atoms with Crippen molar-refractivity contribution in [2.45, 2.75) is 0 Å². The lowest BCUT2D eigenvalue weighted by molar-refractivity contribution is 0.410. The Hall–Kier alpha value is -1.22. The minimum atomic E-state index is 0.854. The average Bonchev–Trinajstić information content (AvgIpc) is 2.27. The van der Waals surface area contributed by atoms with Gasteiger partial charge in [-0.25, -0.2) is 0 Å². The van der Waals surface area contributed by atoms with E-state index in [9.17, 15) is 0 Å². The molecule has 0 bridgehead atoms. The maximum atomic E-state index is 5.31. The van der Waals surface area contributed by atoms with E-state index in [2.05, 4.69) is 15.9 Å². The van der Waals surface area contributed by atoms with Gasteiger partial charge in [-0.3, -0.25) is 0 Å². The lowest BCUT2D eigenvalue weighted by Crippen LogP contribution is -1.89. The molecule has 0 aromatic heterocycles. The standard InChI is InChI=1S/C12H11BrO2/c1-14-11-5-6-12(15-2)10-7-8(13)3-4-9(10)11/h3-7H,1-2H3. The van der Waals surface area contributed by atoms with E-state index in [1.165, 1.54) is 0 Å². The monoisotopic (exact) mass is 266 g/mol. The van der Waals surface area contributed by atoms with Crippen molar-refractivity contribution in [3.63, 3.8) is 0 Å². The lowest BCUT2D eigenvalue weighted by Gasteiger charge is -2.09. The maximum absolute atomic E-state index is 5.31. The summed E-state index contributed by atoms with van der Waals surface area (Å²) in [6.45, 7) is 0. The minimum Gasteiger partial charge on any atom is -0.496 e. The van der Waals surface area contributed by atoms with E-state index in [4.69, 9.17) is 9.47 Å². The van der Waals surface area contributed by atoms with Crippen molar-refractivity contribution in [2.75, 3.05) is 14.2 Å². The number of halogens is 1. The molecule has 3 heteroatoms. The molecule has 2 aromatic rings. The highest BCUT2D eigenvalue weighted by atomic mass is 79.9. The molecule has 0 radical (unpaired) electrons. The van der Waals surface area contributed by atoms with E-state index >= 15 is 0 Å². The van der Waals surface area contributed by atoms with Gasteiger partial charge in [-0.2, -0.15) is 0 Å². The van der Waals surface area contributed by atoms with Crippen LogP contribution in [0.1, 0.15) is 0 Å². The Balaban J connectivity index is 2.80. The first kappa shape index (κ1) is 10.3. The number of hydrogen-bond donors (Lipinski definition) is 0. The van der Waals surface area contributed by atoms with Gasteiger partial charge in [0.1, 0.15) is 11.5 Å². The molecular formula is C12H11BrO2. The maximum Gasteiger partial charge on any atom is 0.126 e. The van der Waals surface area contributed by atoms with Gasteiger partial charge in [0.25, 0.3) is 0 Å². The summed E-state index contributed by atoms with van der Waals surface area (Å²) in [6, 6.07) is 9.85. The van der Waals surface area contributed by atoms with E-state index < -0.39 is 0 Å². The second kappa shape index (κ2) is 4.11. The summed E-state index contributed by atoms with van der Waals surface area (Å²) >= 11 is 3.45. The molecule has 78 valence electrons. The van der Waals surface area contributed by atoms with Crippen LogP contribution in [0.4, 0.5) is 0 Å². The Bertz CT molecular complexity index is 494. The van der Waals surface area contributed by atoms with Gasteiger partial charge in [0, 0.05) is 15.2 Å². The summed E-state index contributed by atoms with van der Waals surface area (Å²) in [4.78, 5) is 0. The molecule has 2 aromatic carbocycles. The predicted octanol–water partition coefficient (Wildman–Crippen LogP) is 3.62. The molecule has 0 atom stereocenters. The van der Waals surface area contributed by atoms with Crippen LogP contribution in [0.3, 0.4) is 0 Å². The average molecular weight is 267 g/mol. The van der Waals surface area contributed by atoms with Crippen molar-refractivity contribution in [3.8, 4) is 11.5 Å². The Morgan fingerprint density at radius 3 is 2.07 bits per heavy atom. The normalized spacial score (nSPS) is 10.3. The third kappa shape index (κ3) is 1.79. The molecule has 0 fully saturated rings. The molecule has 0 saturated carbocycles. The quantitative estimate of drug-likeness (QED) is 0.827. The molecule has 0 saturated heterocycles. The summed E-state index contributed by atoms with van der Waals surface area (Å²) in [5.74, 6) is 1.71. The van der Waals surface area contributed by atoms with Gasteiger partial charge < -0.3 is 9.47 Å². The van der Waals surface area contributed by atoms with Crippen LogP contribution in [-0.4, -0.2) is 14.2 Å². The van der Waals surface area contributed by atoms with Crippen molar-refractivity contribution in [1.29, 1.82) is 0 Å². The second-order valence-corrected chi connectivity index (χ2v) is 4.08. The zero-order chi connectivity index (χ0) is 10.8. The fourth-order valence-electron chi connectivity index (χ4n) is 1.62. The van der Waals surface area contributed by atoms with E-state index in [0.717, 1.165) is 26.7 Å². The number of benzene rings is 2. The lowest BCUT2D eigenvalue weighted by atomic mass is 10.1. The molecule has 2 rings (SSSR count). The molecule has 0 aliphatic rings. The van der Waals surface area contributed by atoms with Crippen molar-refractivity contribution in [1.82, 2.24) is 0 Å². The summed E-state index contributed by atoms with van der Waals surface area (Å²) < 4.78 is 11.6. The molecule has 0 aliphatic heterocycles. The zero-order valence-electron chi connectivity index (χ0n) is 8.58. The molecule has 2 nitrogen and oxygen atoms in total. The third-order valence-electron chi connectivity index (χ3n) is 2.34. The van der Waals surface area contributed by atoms with Gasteiger partial charge >= 0.3 is 0 Å². The van der Waals surface area contributed by atoms with E-state index in [1.54, 1.807) is 14.2 Å². The van der Waals surface area contributed by atoms with Crippen LogP contribution in [-0.2, 0) is 0 Å². The van der Waals surface area contributed by atoms with Gasteiger partial charge in [0.15, 0.2) is 0 Å². The van der Waals surface area contributed by atoms with Gasteiger partial charge in [0.2, 0.25) is 0 Å². The summed E-state index contributed by atoms with van der Waals surface area (Å²) in [5.41, 5.74) is 0. The Morgan fingerprint density at radius 1 is 0.867 bits per heavy atom. The van der Waals surface area contributed by atoms with Crippen LogP contribution in [0.2, 0.25) is 0 Å². The smallest absolute Gasteiger partial charge is 0.126 e. The second-order valence-electron chi connectivity index (χ2n) is 3.16. The van der Waals surface area contributed by atoms with E-state index in [-0.39, 0.29) is 0 Å². The van der Waals surface area contributed by atoms with Crippen LogP contribution in [0.5, 0.6) is 11.5 Å². The molecule has 15 heavy (non-hydrogen) atoms. The summed E-state index contributed by atoms with van der Waals surface area (Å²) in [7, 11) is 3.34. The van der Waals surface area contributed by atoms with Crippen molar-refractivity contribution in [2.24, 2.45) is 0 Å². The van der Waals surface area contributed by atoms with Gasteiger partial charge in [0.05, 0.1) is 14.2 Å². The van der Waals surface area contributed by atoms with Gasteiger partial charge in [-0.05, 0) is 30.3 Å². The predicted molar refractivity (Wildman–Crippen MR) is 64.8 cm³/mol. The number of rotatable bonds is 2. The van der Waals surface area contributed by atoms with Crippen LogP contribution >= 0.6 is 15.9 Å². The van der Waals surface area contributed by atoms with Crippen molar-refractivity contribution in [3.05, 3.63) is 34.8 Å². The number of methoxy groups -OCH3 is 2. The van der Waals surface area contributed by atoms with Gasteiger partial charge in [-0.1, -0.05) is 15.9 Å². The highest BCUT2D eigenvalue weighted by Crippen LogP contribution is 2.34. The highest BCUT2D eigenvalue weighted by Gasteiger charge is 2.06. The first-order valence-corrected chi connectivity index (χ1v) is 5.36. The minimum absolute atomic E-state index is 0.854. The van der Waals surface area contributed by atoms with Crippen molar-refractivity contribution < 1.29 is 9.47 Å². The van der Waals surface area contributed by atoms with E-state index in [0.29, 0.717) is 0 Å². The largest absolute Gasteiger partial charge is 0.496 e. The van der Waals surface area contributed by atoms with Gasteiger partial charge in [-0.15, -0.1) is 0 Å².